The lowest BCUT2D eigenvalue weighted by atomic mass is 9.67. The quantitative estimate of drug-likeness (QED) is 0.832. The van der Waals surface area contributed by atoms with Crippen LogP contribution in [-0.2, 0) is 15.0 Å². The summed E-state index contributed by atoms with van der Waals surface area (Å²) in [4.78, 5) is 36.6. The van der Waals surface area contributed by atoms with E-state index in [1.54, 1.807) is 31.2 Å². The Morgan fingerprint density at radius 3 is 2.31 bits per heavy atom. The molecule has 1 aliphatic rings. The number of amides is 1. The zero-order valence-corrected chi connectivity index (χ0v) is 14.6. The molecule has 0 fully saturated rings. The maximum Gasteiger partial charge on any atom is 0.259 e. The van der Waals surface area contributed by atoms with E-state index >= 15 is 0 Å². The number of benzene rings is 2. The zero-order chi connectivity index (χ0) is 18.9. The van der Waals surface area contributed by atoms with Crippen LogP contribution in [0.5, 0.6) is 0 Å². The van der Waals surface area contributed by atoms with Gasteiger partial charge in [0.15, 0.2) is 0 Å². The van der Waals surface area contributed by atoms with E-state index in [1.807, 2.05) is 30.3 Å². The van der Waals surface area contributed by atoms with E-state index in [-0.39, 0.29) is 23.7 Å². The number of carbonyl (C=O) groups is 3. The number of ketones is 2. The molecule has 132 valence electrons. The monoisotopic (exact) mass is 349 g/mol. The molecule has 1 atom stereocenters. The lowest BCUT2D eigenvalue weighted by Gasteiger charge is -2.36. The molecule has 1 amide bonds. The summed E-state index contributed by atoms with van der Waals surface area (Å²) in [6, 6.07) is 16.1. The van der Waals surface area contributed by atoms with Crippen LogP contribution in [0.25, 0.3) is 0 Å². The molecule has 0 aliphatic heterocycles. The van der Waals surface area contributed by atoms with Crippen molar-refractivity contribution in [3.05, 3.63) is 82.6 Å². The van der Waals surface area contributed by atoms with Gasteiger partial charge in [-0.1, -0.05) is 54.6 Å². The fraction of sp³-hybridized carbons (Fsp3) is 0.190. The van der Waals surface area contributed by atoms with Crippen LogP contribution in [0.2, 0.25) is 0 Å². The van der Waals surface area contributed by atoms with Gasteiger partial charge in [0.1, 0.15) is 17.1 Å². The van der Waals surface area contributed by atoms with Gasteiger partial charge in [-0.2, -0.15) is 0 Å². The molecular formula is C21H19NO4. The van der Waals surface area contributed by atoms with Crippen LogP contribution in [0.15, 0.2) is 65.9 Å². The highest BCUT2D eigenvalue weighted by atomic mass is 16.3. The maximum atomic E-state index is 12.9. The molecule has 0 saturated carbocycles. The van der Waals surface area contributed by atoms with Crippen molar-refractivity contribution in [1.82, 2.24) is 5.32 Å². The Kier molecular flexibility index (Phi) is 4.47. The third kappa shape index (κ3) is 2.71. The molecule has 0 heterocycles. The molecule has 2 aromatic rings. The number of allylic oxidation sites excluding steroid dienone is 1. The van der Waals surface area contributed by atoms with Crippen molar-refractivity contribution >= 4 is 17.5 Å². The zero-order valence-electron chi connectivity index (χ0n) is 14.6. The number of Topliss-reactive ketones (excluding diaryl/α,β-unsaturated/α-hetero) is 2. The van der Waals surface area contributed by atoms with Gasteiger partial charge in [0.2, 0.25) is 5.78 Å². The summed E-state index contributed by atoms with van der Waals surface area (Å²) < 4.78 is 0. The van der Waals surface area contributed by atoms with E-state index in [2.05, 4.69) is 5.32 Å². The number of aliphatic hydroxyl groups is 1. The SMILES string of the molecule is CC(=O)CNC(=O)C1=C(O)[C@@](C)(c2ccccc2)c2ccccc2C1=O. The molecule has 26 heavy (non-hydrogen) atoms. The van der Waals surface area contributed by atoms with E-state index in [9.17, 15) is 19.5 Å². The third-order valence-corrected chi connectivity index (χ3v) is 4.72. The maximum absolute atomic E-state index is 12.9. The molecular weight excluding hydrogens is 330 g/mol. The minimum Gasteiger partial charge on any atom is -0.510 e. The normalized spacial score (nSPS) is 19.1. The van der Waals surface area contributed by atoms with Crippen LogP contribution in [0.1, 0.15) is 35.3 Å². The molecule has 1 aliphatic carbocycles. The summed E-state index contributed by atoms with van der Waals surface area (Å²) in [6.45, 7) is 2.91. The summed E-state index contributed by atoms with van der Waals surface area (Å²) in [5.41, 5.74) is 0.390. The summed E-state index contributed by atoms with van der Waals surface area (Å²) in [6.07, 6.45) is 0. The van der Waals surface area contributed by atoms with Crippen molar-refractivity contribution in [2.45, 2.75) is 19.3 Å². The Morgan fingerprint density at radius 1 is 1.04 bits per heavy atom. The second-order valence-corrected chi connectivity index (χ2v) is 6.47. The topological polar surface area (TPSA) is 83.5 Å². The standard InChI is InChI=1S/C21H19NO4/c1-13(23)12-22-20(26)17-18(24)15-10-6-7-11-16(15)21(2,19(17)25)14-8-4-3-5-9-14/h3-11,25H,12H2,1-2H3,(H,22,26)/t21-/m0/s1. The van der Waals surface area contributed by atoms with Crippen LogP contribution in [0, 0.1) is 0 Å². The van der Waals surface area contributed by atoms with Crippen LogP contribution in [0.4, 0.5) is 0 Å². The van der Waals surface area contributed by atoms with Gasteiger partial charge in [-0.25, -0.2) is 0 Å². The van der Waals surface area contributed by atoms with E-state index < -0.39 is 17.1 Å². The Labute approximate surface area is 151 Å². The summed E-state index contributed by atoms with van der Waals surface area (Å²) in [7, 11) is 0. The van der Waals surface area contributed by atoms with Crippen molar-refractivity contribution in [2.75, 3.05) is 6.54 Å². The van der Waals surface area contributed by atoms with Gasteiger partial charge in [-0.05, 0) is 25.0 Å². The number of fused-ring (bicyclic) bond motifs is 1. The first-order valence-corrected chi connectivity index (χ1v) is 8.28. The lowest BCUT2D eigenvalue weighted by Crippen LogP contribution is -2.41. The number of hydrogen-bond acceptors (Lipinski definition) is 4. The smallest absolute Gasteiger partial charge is 0.259 e. The molecule has 3 rings (SSSR count). The summed E-state index contributed by atoms with van der Waals surface area (Å²) in [5.74, 6) is -1.85. The van der Waals surface area contributed by atoms with Gasteiger partial charge in [-0.3, -0.25) is 14.4 Å². The highest BCUT2D eigenvalue weighted by Crippen LogP contribution is 2.44. The Balaban J connectivity index is 2.22. The van der Waals surface area contributed by atoms with Crippen molar-refractivity contribution in [2.24, 2.45) is 0 Å². The average molecular weight is 349 g/mol. The first-order chi connectivity index (χ1) is 12.4. The number of nitrogens with one attached hydrogen (secondary N) is 1. The van der Waals surface area contributed by atoms with Gasteiger partial charge in [0.05, 0.1) is 12.0 Å². The fourth-order valence-electron chi connectivity index (χ4n) is 3.30. The average Bonchev–Trinajstić information content (AvgIpc) is 2.65. The summed E-state index contributed by atoms with van der Waals surface area (Å²) in [5, 5.41) is 13.4. The van der Waals surface area contributed by atoms with Crippen LogP contribution >= 0.6 is 0 Å². The molecule has 0 aromatic heterocycles. The first-order valence-electron chi connectivity index (χ1n) is 8.28. The Bertz CT molecular complexity index is 930. The number of rotatable bonds is 4. The molecule has 2 N–H and O–H groups in total. The van der Waals surface area contributed by atoms with Gasteiger partial charge in [0.25, 0.3) is 5.91 Å². The van der Waals surface area contributed by atoms with Crippen LogP contribution in [-0.4, -0.2) is 29.1 Å². The van der Waals surface area contributed by atoms with E-state index in [4.69, 9.17) is 0 Å². The van der Waals surface area contributed by atoms with Crippen molar-refractivity contribution in [3.8, 4) is 0 Å². The molecule has 5 nitrogen and oxygen atoms in total. The number of carbonyl (C=O) groups excluding carboxylic acids is 3. The predicted octanol–water partition coefficient (Wildman–Crippen LogP) is 2.71. The van der Waals surface area contributed by atoms with Crippen molar-refractivity contribution in [3.63, 3.8) is 0 Å². The third-order valence-electron chi connectivity index (χ3n) is 4.72. The molecule has 0 spiro atoms. The molecule has 5 heteroatoms. The van der Waals surface area contributed by atoms with Crippen LogP contribution in [0.3, 0.4) is 0 Å². The minimum absolute atomic E-state index is 0.202. The largest absolute Gasteiger partial charge is 0.510 e. The lowest BCUT2D eigenvalue weighted by molar-refractivity contribution is -0.122. The van der Waals surface area contributed by atoms with E-state index in [0.29, 0.717) is 11.1 Å². The van der Waals surface area contributed by atoms with Crippen molar-refractivity contribution < 1.29 is 19.5 Å². The highest BCUT2D eigenvalue weighted by molar-refractivity contribution is 6.28. The minimum atomic E-state index is -1.05. The Hall–Kier alpha value is -3.21. The molecule has 2 aromatic carbocycles. The number of hydrogen-bond donors (Lipinski definition) is 2. The van der Waals surface area contributed by atoms with Gasteiger partial charge in [-0.15, -0.1) is 0 Å². The second kappa shape index (κ2) is 6.59. The highest BCUT2D eigenvalue weighted by Gasteiger charge is 2.45. The molecule has 0 radical (unpaired) electrons. The van der Waals surface area contributed by atoms with Gasteiger partial charge >= 0.3 is 0 Å². The van der Waals surface area contributed by atoms with Crippen LogP contribution < -0.4 is 5.32 Å². The molecule has 0 bridgehead atoms. The first kappa shape index (κ1) is 17.6. The molecule has 0 saturated heterocycles. The van der Waals surface area contributed by atoms with E-state index in [0.717, 1.165) is 5.56 Å². The van der Waals surface area contributed by atoms with Crippen molar-refractivity contribution in [1.29, 1.82) is 0 Å². The second-order valence-electron chi connectivity index (χ2n) is 6.47. The van der Waals surface area contributed by atoms with Gasteiger partial charge in [0, 0.05) is 5.56 Å². The molecule has 0 unspecified atom stereocenters. The summed E-state index contributed by atoms with van der Waals surface area (Å²) >= 11 is 0. The number of aliphatic hydroxyl groups excluding tert-OH is 1. The fourth-order valence-corrected chi connectivity index (χ4v) is 3.30. The predicted molar refractivity (Wildman–Crippen MR) is 97.0 cm³/mol. The Morgan fingerprint density at radius 2 is 1.65 bits per heavy atom. The van der Waals surface area contributed by atoms with Gasteiger partial charge < -0.3 is 10.4 Å². The van der Waals surface area contributed by atoms with E-state index in [1.165, 1.54) is 6.92 Å².